The Morgan fingerprint density at radius 1 is 1.30 bits per heavy atom. The Morgan fingerprint density at radius 3 is 2.80 bits per heavy atom. The highest BCUT2D eigenvalue weighted by atomic mass is 19.1. The molecule has 0 saturated heterocycles. The molecule has 1 aromatic rings. The Kier molecular flexibility index (Phi) is 5.35. The number of halogens is 2. The molecule has 0 aromatic heterocycles. The van der Waals surface area contributed by atoms with Crippen LogP contribution in [0.1, 0.15) is 39.0 Å². The fraction of sp³-hybridized carbons (Fsp3) is 0.625. The second kappa shape index (κ2) is 7.02. The van der Waals surface area contributed by atoms with Crippen molar-refractivity contribution in [1.82, 2.24) is 5.32 Å². The van der Waals surface area contributed by atoms with Crippen LogP contribution in [0.5, 0.6) is 5.75 Å². The smallest absolute Gasteiger partial charge is 0.165 e. The van der Waals surface area contributed by atoms with Crippen molar-refractivity contribution in [3.05, 3.63) is 29.8 Å². The maximum Gasteiger partial charge on any atom is 0.165 e. The average Bonchev–Trinajstić information content (AvgIpc) is 2.44. The molecule has 4 heteroatoms. The molecule has 1 N–H and O–H groups in total. The molecular weight excluding hydrogens is 260 g/mol. The van der Waals surface area contributed by atoms with Crippen LogP contribution >= 0.6 is 0 Å². The van der Waals surface area contributed by atoms with Crippen molar-refractivity contribution in [2.45, 2.75) is 51.2 Å². The molecule has 1 aliphatic carbocycles. The number of nitrogens with one attached hydrogen (secondary N) is 1. The van der Waals surface area contributed by atoms with E-state index in [4.69, 9.17) is 4.74 Å². The zero-order valence-electron chi connectivity index (χ0n) is 12.2. The van der Waals surface area contributed by atoms with E-state index in [1.54, 1.807) is 0 Å². The number of ether oxygens (including phenoxy) is 1. The molecule has 1 aromatic carbocycles. The van der Waals surface area contributed by atoms with E-state index in [0.29, 0.717) is 5.92 Å². The first-order valence-electron chi connectivity index (χ1n) is 7.43. The third kappa shape index (κ3) is 3.69. The quantitative estimate of drug-likeness (QED) is 0.885. The van der Waals surface area contributed by atoms with Gasteiger partial charge in [0.1, 0.15) is 11.9 Å². The topological polar surface area (TPSA) is 21.3 Å². The Morgan fingerprint density at radius 2 is 2.10 bits per heavy atom. The van der Waals surface area contributed by atoms with Crippen LogP contribution in [-0.2, 0) is 0 Å². The van der Waals surface area contributed by atoms with Crippen molar-refractivity contribution < 1.29 is 13.5 Å². The first kappa shape index (κ1) is 15.2. The zero-order valence-corrected chi connectivity index (χ0v) is 12.2. The summed E-state index contributed by atoms with van der Waals surface area (Å²) in [6.07, 6.45) is 5.31. The Labute approximate surface area is 119 Å². The number of benzene rings is 1. The summed E-state index contributed by atoms with van der Waals surface area (Å²) in [6, 6.07) is 3.56. The SMILES string of the molecule is CCCC1CCC(NC)C(Oc2cc(F)ccc2F)C1. The van der Waals surface area contributed by atoms with Gasteiger partial charge in [0.2, 0.25) is 0 Å². The predicted molar refractivity (Wildman–Crippen MR) is 75.9 cm³/mol. The molecule has 0 bridgehead atoms. The van der Waals surface area contributed by atoms with Crippen LogP contribution in [0, 0.1) is 17.6 Å². The molecule has 0 heterocycles. The lowest BCUT2D eigenvalue weighted by molar-refractivity contribution is 0.0826. The van der Waals surface area contributed by atoms with Crippen molar-refractivity contribution in [2.75, 3.05) is 7.05 Å². The highest BCUT2D eigenvalue weighted by Gasteiger charge is 2.31. The van der Waals surface area contributed by atoms with Gasteiger partial charge in [0.15, 0.2) is 11.6 Å². The average molecular weight is 283 g/mol. The summed E-state index contributed by atoms with van der Waals surface area (Å²) in [5.74, 6) is -0.333. The molecule has 0 spiro atoms. The third-order valence-electron chi connectivity index (χ3n) is 4.14. The van der Waals surface area contributed by atoms with E-state index in [1.165, 1.54) is 12.8 Å². The van der Waals surface area contributed by atoms with Gasteiger partial charge in [-0.2, -0.15) is 0 Å². The van der Waals surface area contributed by atoms with Gasteiger partial charge < -0.3 is 10.1 Å². The first-order valence-corrected chi connectivity index (χ1v) is 7.43. The molecule has 112 valence electrons. The molecule has 0 radical (unpaired) electrons. The summed E-state index contributed by atoms with van der Waals surface area (Å²) in [4.78, 5) is 0. The highest BCUT2D eigenvalue weighted by Crippen LogP contribution is 2.31. The van der Waals surface area contributed by atoms with Crippen LogP contribution < -0.4 is 10.1 Å². The zero-order chi connectivity index (χ0) is 14.5. The summed E-state index contributed by atoms with van der Waals surface area (Å²) >= 11 is 0. The van der Waals surface area contributed by atoms with E-state index in [2.05, 4.69) is 12.2 Å². The van der Waals surface area contributed by atoms with Gasteiger partial charge in [-0.25, -0.2) is 8.78 Å². The maximum atomic E-state index is 13.7. The molecule has 0 amide bonds. The maximum absolute atomic E-state index is 13.7. The van der Waals surface area contributed by atoms with Crippen LogP contribution in [0.2, 0.25) is 0 Å². The van der Waals surface area contributed by atoms with Gasteiger partial charge in [0, 0.05) is 12.1 Å². The Bertz CT molecular complexity index is 438. The van der Waals surface area contributed by atoms with Crippen molar-refractivity contribution >= 4 is 0 Å². The summed E-state index contributed by atoms with van der Waals surface area (Å²) in [5.41, 5.74) is 0. The lowest BCUT2D eigenvalue weighted by atomic mass is 9.81. The van der Waals surface area contributed by atoms with Crippen LogP contribution in [0.25, 0.3) is 0 Å². The van der Waals surface area contributed by atoms with E-state index in [-0.39, 0.29) is 17.9 Å². The summed E-state index contributed by atoms with van der Waals surface area (Å²) in [7, 11) is 1.89. The molecule has 3 unspecified atom stereocenters. The molecule has 2 rings (SSSR count). The Balaban J connectivity index is 2.09. The molecule has 3 atom stereocenters. The number of rotatable bonds is 5. The minimum Gasteiger partial charge on any atom is -0.486 e. The fourth-order valence-electron chi connectivity index (χ4n) is 3.07. The molecule has 2 nitrogen and oxygen atoms in total. The first-order chi connectivity index (χ1) is 9.63. The minimum absolute atomic E-state index is 0.0207. The number of likely N-dealkylation sites (N-methyl/N-ethyl adjacent to an activating group) is 1. The van der Waals surface area contributed by atoms with Crippen molar-refractivity contribution in [3.63, 3.8) is 0 Å². The van der Waals surface area contributed by atoms with Crippen molar-refractivity contribution in [1.29, 1.82) is 0 Å². The van der Waals surface area contributed by atoms with E-state index in [9.17, 15) is 8.78 Å². The Hall–Kier alpha value is -1.16. The van der Waals surface area contributed by atoms with E-state index in [1.807, 2.05) is 7.05 Å². The number of hydrogen-bond donors (Lipinski definition) is 1. The normalized spacial score (nSPS) is 26.5. The van der Waals surface area contributed by atoms with E-state index in [0.717, 1.165) is 37.5 Å². The van der Waals surface area contributed by atoms with Gasteiger partial charge in [-0.3, -0.25) is 0 Å². The van der Waals surface area contributed by atoms with Crippen LogP contribution in [0.15, 0.2) is 18.2 Å². The van der Waals surface area contributed by atoms with Crippen molar-refractivity contribution in [2.24, 2.45) is 5.92 Å². The second-order valence-electron chi connectivity index (χ2n) is 5.59. The van der Waals surface area contributed by atoms with Gasteiger partial charge in [0.25, 0.3) is 0 Å². The van der Waals surface area contributed by atoms with E-state index >= 15 is 0 Å². The standard InChI is InChI=1S/C16H23F2NO/c1-3-4-11-5-8-14(19-2)16(9-11)20-15-10-12(17)6-7-13(15)18/h6-7,10-11,14,16,19H,3-5,8-9H2,1-2H3. The predicted octanol–water partition coefficient (Wildman–Crippen LogP) is 3.90. The van der Waals surface area contributed by atoms with Gasteiger partial charge in [-0.05, 0) is 44.4 Å². The largest absolute Gasteiger partial charge is 0.486 e. The van der Waals surface area contributed by atoms with Crippen LogP contribution in [0.3, 0.4) is 0 Å². The monoisotopic (exact) mass is 283 g/mol. The second-order valence-corrected chi connectivity index (χ2v) is 5.59. The third-order valence-corrected chi connectivity index (χ3v) is 4.14. The van der Waals surface area contributed by atoms with Gasteiger partial charge in [-0.1, -0.05) is 19.8 Å². The summed E-state index contributed by atoms with van der Waals surface area (Å²) in [5, 5.41) is 3.23. The molecule has 1 saturated carbocycles. The lowest BCUT2D eigenvalue weighted by Crippen LogP contribution is -2.45. The lowest BCUT2D eigenvalue weighted by Gasteiger charge is -2.36. The van der Waals surface area contributed by atoms with Gasteiger partial charge in [0.05, 0.1) is 0 Å². The number of hydrogen-bond acceptors (Lipinski definition) is 2. The molecule has 1 fully saturated rings. The minimum atomic E-state index is -0.501. The fourth-order valence-corrected chi connectivity index (χ4v) is 3.07. The molecule has 0 aliphatic heterocycles. The van der Waals surface area contributed by atoms with Gasteiger partial charge >= 0.3 is 0 Å². The van der Waals surface area contributed by atoms with Crippen LogP contribution in [0.4, 0.5) is 8.78 Å². The van der Waals surface area contributed by atoms with Crippen molar-refractivity contribution in [3.8, 4) is 5.75 Å². The summed E-state index contributed by atoms with van der Waals surface area (Å²) in [6.45, 7) is 2.17. The molecule has 1 aliphatic rings. The molecular formula is C16H23F2NO. The highest BCUT2D eigenvalue weighted by molar-refractivity contribution is 5.25. The van der Waals surface area contributed by atoms with Gasteiger partial charge in [-0.15, -0.1) is 0 Å². The van der Waals surface area contributed by atoms with E-state index < -0.39 is 11.6 Å². The molecule has 20 heavy (non-hydrogen) atoms. The summed E-state index contributed by atoms with van der Waals surface area (Å²) < 4.78 is 32.7. The van der Waals surface area contributed by atoms with Crippen LogP contribution in [-0.4, -0.2) is 19.2 Å².